The molecule has 0 saturated carbocycles. The molecule has 14 aromatic carbocycles. The summed E-state index contributed by atoms with van der Waals surface area (Å²) < 4.78 is 6.41. The largest absolute Gasteiger partial charge is 1.00 e. The number of halogens is 2. The minimum atomic E-state index is -4.82. The van der Waals surface area contributed by atoms with Gasteiger partial charge in [-0.1, -0.05) is 0 Å². The van der Waals surface area contributed by atoms with E-state index in [2.05, 4.69) is 285 Å². The van der Waals surface area contributed by atoms with Crippen LogP contribution in [0.15, 0.2) is 254 Å². The van der Waals surface area contributed by atoms with Crippen molar-refractivity contribution in [3.63, 3.8) is 0 Å². The third-order valence-corrected chi connectivity index (χ3v) is 39.1. The Bertz CT molecular complexity index is 4900. The first-order valence-electron chi connectivity index (χ1n) is 34.6. The van der Waals surface area contributed by atoms with Gasteiger partial charge in [0.05, 0.1) is 0 Å². The first kappa shape index (κ1) is 63.7. The van der Waals surface area contributed by atoms with Crippen LogP contribution in [0, 0.1) is 0 Å². The van der Waals surface area contributed by atoms with Crippen molar-refractivity contribution in [1.82, 2.24) is 0 Å². The van der Waals surface area contributed by atoms with Crippen LogP contribution in [-0.4, -0.2) is 6.88 Å². The Morgan fingerprint density at radius 2 is 0.511 bits per heavy atom. The molecule has 466 valence electrons. The second-order valence-corrected chi connectivity index (χ2v) is 58.8. The molecule has 2 unspecified atom stereocenters. The zero-order chi connectivity index (χ0) is 62.1. The van der Waals surface area contributed by atoms with E-state index in [1.54, 1.807) is 22.3 Å². The molecule has 0 aliphatic heterocycles. The van der Waals surface area contributed by atoms with Gasteiger partial charge in [0, 0.05) is 0 Å². The van der Waals surface area contributed by atoms with Crippen LogP contribution in [0.1, 0.15) is 120 Å². The van der Waals surface area contributed by atoms with Crippen molar-refractivity contribution in [3.8, 4) is 44.5 Å². The minimum absolute atomic E-state index is 0. The summed E-state index contributed by atoms with van der Waals surface area (Å²) in [4.78, 5) is 0. The molecule has 0 radical (unpaired) electrons. The number of benzene rings is 14. The van der Waals surface area contributed by atoms with Gasteiger partial charge in [-0.15, -0.1) is 0 Å². The molecule has 0 fully saturated rings. The first-order valence-corrected chi connectivity index (χ1v) is 48.3. The Hall–Kier alpha value is -7.68. The molecular formula is C90H82Cl2SiZr-2. The number of unbranched alkanes of at least 4 members (excludes halogenated alkanes) is 8. The zero-order valence-corrected chi connectivity index (χ0v) is 60.2. The SMILES string of the molecule is CCCCCCCC1=Cc2c(-c3c4ccccc4cc4ccccc34)ccc(-c3c4ccccc4cc4ccccc34)c2[CH]1[Zr]([CH3])([CH3])(=[SiH2])[CH]1C(CCCCCCC)=Cc2c(-c3c4ccccc4cc4ccccc34)ccc(-c3c4ccccc4cc4ccccc34)c21.[Cl-].[Cl-]. The van der Waals surface area contributed by atoms with Crippen LogP contribution >= 0.6 is 0 Å². The standard InChI is InChI=1S/2C44H37.2CH3.2ClH.H2Si.Zr/c2*1-2-3-4-5-6-15-30-26-41-39(43-35-20-11-7-16-31(35)28-32-17-8-12-21-36(32)43)24-25-40(42(41)27-30)44-37-22-13-9-18-33(37)29-34-19-10-14-23-38(34)44;;;;;;/h2*7-14,16-29H,2-6,15H2,1H3;2*1H3;2*1H;1H2;/p-2. The summed E-state index contributed by atoms with van der Waals surface area (Å²) in [7, 11) is 0. The van der Waals surface area contributed by atoms with Gasteiger partial charge in [-0.3, -0.25) is 0 Å². The third-order valence-electron chi connectivity index (χ3n) is 21.7. The summed E-state index contributed by atoms with van der Waals surface area (Å²) in [5.74, 6) is 0. The van der Waals surface area contributed by atoms with Crippen LogP contribution in [0.2, 0.25) is 9.26 Å². The van der Waals surface area contributed by atoms with Crippen molar-refractivity contribution in [2.75, 3.05) is 0 Å². The Balaban J connectivity index is 0.00000382. The molecule has 0 bridgehead atoms. The Labute approximate surface area is 570 Å². The Morgan fingerprint density at radius 1 is 0.287 bits per heavy atom. The van der Waals surface area contributed by atoms with Crippen LogP contribution in [0.5, 0.6) is 0 Å². The molecule has 0 N–H and O–H groups in total. The third kappa shape index (κ3) is 10.8. The quantitative estimate of drug-likeness (QED) is 0.0456. The maximum atomic E-state index is 2.98. The first-order chi connectivity index (χ1) is 45.2. The van der Waals surface area contributed by atoms with E-state index in [1.807, 2.05) is 0 Å². The number of allylic oxidation sites excluding steroid dienone is 2. The van der Waals surface area contributed by atoms with E-state index in [0.29, 0.717) is 0 Å². The van der Waals surface area contributed by atoms with Crippen molar-refractivity contribution in [2.24, 2.45) is 0 Å². The number of fused-ring (bicyclic) bond motifs is 10. The van der Waals surface area contributed by atoms with E-state index in [4.69, 9.17) is 0 Å². The molecule has 0 nitrogen and oxygen atoms in total. The van der Waals surface area contributed by atoms with Crippen LogP contribution in [-0.2, 0) is 17.4 Å². The fourth-order valence-corrected chi connectivity index (χ4v) is 37.5. The van der Waals surface area contributed by atoms with E-state index in [-0.39, 0.29) is 32.1 Å². The van der Waals surface area contributed by atoms with Gasteiger partial charge in [0.15, 0.2) is 0 Å². The molecule has 14 aromatic rings. The molecule has 4 heteroatoms. The van der Waals surface area contributed by atoms with E-state index >= 15 is 0 Å². The normalized spacial score (nSPS) is 14.6. The van der Waals surface area contributed by atoms with Crippen LogP contribution in [0.4, 0.5) is 0 Å². The van der Waals surface area contributed by atoms with Crippen molar-refractivity contribution in [1.29, 1.82) is 0 Å². The Kier molecular flexibility index (Phi) is 17.7. The summed E-state index contributed by atoms with van der Waals surface area (Å²) in [5, 5.41) is 21.0. The number of rotatable bonds is 18. The molecule has 16 rings (SSSR count). The second-order valence-electron chi connectivity index (χ2n) is 28.3. The maximum Gasteiger partial charge on any atom is -1.00 e. The predicted molar refractivity (Wildman–Crippen MR) is 403 cm³/mol. The van der Waals surface area contributed by atoms with Crippen LogP contribution in [0.25, 0.3) is 143 Å². The fourth-order valence-electron chi connectivity index (χ4n) is 17.8. The van der Waals surface area contributed by atoms with E-state index in [1.165, 1.54) is 206 Å². The van der Waals surface area contributed by atoms with Crippen molar-refractivity contribution >= 4 is 105 Å². The average molecular weight is 1350 g/mol. The summed E-state index contributed by atoms with van der Waals surface area (Å²) in [6, 6.07) is 94.2. The molecule has 2 atom stereocenters. The molecule has 0 aromatic heterocycles. The van der Waals surface area contributed by atoms with E-state index < -0.39 is 17.4 Å². The predicted octanol–water partition coefficient (Wildman–Crippen LogP) is 20.2. The minimum Gasteiger partial charge on any atom is -1.00 e. The average Bonchev–Trinajstić information content (AvgIpc) is 1.47. The van der Waals surface area contributed by atoms with Gasteiger partial charge in [-0.05, 0) is 0 Å². The molecular weight excluding hydrogens is 1270 g/mol. The second kappa shape index (κ2) is 26.1. The number of hydrogen-bond acceptors (Lipinski definition) is 0. The fraction of sp³-hybridized carbons (Fsp3) is 0.200. The summed E-state index contributed by atoms with van der Waals surface area (Å²) >= 11 is -4.82. The maximum absolute atomic E-state index is 4.82. The van der Waals surface area contributed by atoms with E-state index in [0.717, 1.165) is 12.8 Å². The van der Waals surface area contributed by atoms with Gasteiger partial charge in [0.25, 0.3) is 0 Å². The van der Waals surface area contributed by atoms with Gasteiger partial charge >= 0.3 is 551 Å². The van der Waals surface area contributed by atoms with Crippen molar-refractivity contribution < 1.29 is 42.2 Å². The molecule has 94 heavy (non-hydrogen) atoms. The topological polar surface area (TPSA) is 0 Å². The summed E-state index contributed by atoms with van der Waals surface area (Å²) in [5.41, 5.74) is 20.5. The van der Waals surface area contributed by atoms with Crippen molar-refractivity contribution in [3.05, 3.63) is 276 Å². The molecule has 0 saturated heterocycles. The van der Waals surface area contributed by atoms with Crippen LogP contribution in [0.3, 0.4) is 0 Å². The molecule has 0 spiro atoms. The van der Waals surface area contributed by atoms with Gasteiger partial charge in [0.2, 0.25) is 0 Å². The zero-order valence-electron chi connectivity index (χ0n) is 54.9. The summed E-state index contributed by atoms with van der Waals surface area (Å²) in [6.45, 7) is 7.31. The van der Waals surface area contributed by atoms with Crippen LogP contribution < -0.4 is 24.8 Å². The molecule has 2 aliphatic rings. The van der Waals surface area contributed by atoms with Gasteiger partial charge < -0.3 is 24.8 Å². The van der Waals surface area contributed by atoms with Gasteiger partial charge in [-0.2, -0.15) is 0 Å². The summed E-state index contributed by atoms with van der Waals surface area (Å²) in [6.07, 6.45) is 20.3. The molecule has 0 heterocycles. The Morgan fingerprint density at radius 3 is 0.766 bits per heavy atom. The van der Waals surface area contributed by atoms with Gasteiger partial charge in [0.1, 0.15) is 0 Å². The van der Waals surface area contributed by atoms with E-state index in [9.17, 15) is 0 Å². The monoisotopic (exact) mass is 1350 g/mol. The van der Waals surface area contributed by atoms with Gasteiger partial charge in [-0.25, -0.2) is 0 Å². The smallest absolute Gasteiger partial charge is 1.00 e. The molecule has 2 aliphatic carbocycles. The number of hydrogen-bond donors (Lipinski definition) is 0. The molecule has 0 amide bonds. The van der Waals surface area contributed by atoms with Crippen molar-refractivity contribution in [2.45, 2.75) is 107 Å².